The average Bonchev–Trinajstić information content (AvgIpc) is 2.70. The lowest BCUT2D eigenvalue weighted by molar-refractivity contribution is 0.0882. The van der Waals surface area contributed by atoms with Gasteiger partial charge in [-0.2, -0.15) is 5.10 Å². The summed E-state index contributed by atoms with van der Waals surface area (Å²) in [6, 6.07) is 0. The summed E-state index contributed by atoms with van der Waals surface area (Å²) >= 11 is 0. The number of rotatable bonds is 5. The normalized spacial score (nSPS) is 14.6. The maximum atomic E-state index is 12.3. The molecule has 1 aromatic heterocycles. The molecular formula is C13H24N4O. The molecule has 5 heteroatoms. The van der Waals surface area contributed by atoms with E-state index in [0.717, 1.165) is 12.1 Å². The van der Waals surface area contributed by atoms with Crippen LogP contribution in [-0.4, -0.2) is 27.8 Å². The lowest BCUT2D eigenvalue weighted by Crippen LogP contribution is -2.55. The van der Waals surface area contributed by atoms with Crippen molar-refractivity contribution in [2.45, 2.75) is 39.7 Å². The van der Waals surface area contributed by atoms with Gasteiger partial charge in [-0.25, -0.2) is 0 Å². The third kappa shape index (κ3) is 2.90. The van der Waals surface area contributed by atoms with Crippen LogP contribution in [-0.2, 0) is 13.5 Å². The van der Waals surface area contributed by atoms with Gasteiger partial charge < -0.3 is 11.1 Å². The molecule has 0 radical (unpaired) electrons. The van der Waals surface area contributed by atoms with Crippen molar-refractivity contribution in [1.82, 2.24) is 15.1 Å². The maximum absolute atomic E-state index is 12.3. The van der Waals surface area contributed by atoms with Crippen LogP contribution in [0.25, 0.3) is 0 Å². The molecular weight excluding hydrogens is 228 g/mol. The van der Waals surface area contributed by atoms with Gasteiger partial charge in [0.2, 0.25) is 0 Å². The molecule has 1 amide bonds. The first-order valence-corrected chi connectivity index (χ1v) is 6.39. The van der Waals surface area contributed by atoms with E-state index in [9.17, 15) is 4.79 Å². The molecule has 1 rings (SSSR count). The minimum Gasteiger partial charge on any atom is -0.345 e. The third-order valence-electron chi connectivity index (χ3n) is 3.58. The molecule has 0 aliphatic heterocycles. The maximum Gasteiger partial charge on any atom is 0.255 e. The molecule has 0 bridgehead atoms. The molecule has 1 atom stereocenters. The summed E-state index contributed by atoms with van der Waals surface area (Å²) in [6.07, 6.45) is 2.50. The van der Waals surface area contributed by atoms with Gasteiger partial charge >= 0.3 is 0 Å². The second-order valence-corrected chi connectivity index (χ2v) is 5.25. The number of aromatic nitrogens is 2. The number of nitrogens with two attached hydrogens (primary N) is 1. The fourth-order valence-corrected chi connectivity index (χ4v) is 1.74. The molecule has 0 aliphatic rings. The number of hydrogen-bond donors (Lipinski definition) is 2. The lowest BCUT2D eigenvalue weighted by atomic mass is 9.88. The minimum atomic E-state index is -0.391. The van der Waals surface area contributed by atoms with Crippen molar-refractivity contribution in [3.8, 4) is 0 Å². The van der Waals surface area contributed by atoms with Crippen LogP contribution in [0.1, 0.15) is 43.7 Å². The summed E-state index contributed by atoms with van der Waals surface area (Å²) in [6.45, 7) is 8.48. The van der Waals surface area contributed by atoms with Gasteiger partial charge in [-0.15, -0.1) is 0 Å². The van der Waals surface area contributed by atoms with Gasteiger partial charge in [-0.3, -0.25) is 9.48 Å². The summed E-state index contributed by atoms with van der Waals surface area (Å²) in [5, 5.41) is 7.31. The zero-order valence-electron chi connectivity index (χ0n) is 11.9. The van der Waals surface area contributed by atoms with Gasteiger partial charge in [0, 0.05) is 19.8 Å². The van der Waals surface area contributed by atoms with Crippen molar-refractivity contribution in [3.63, 3.8) is 0 Å². The first-order chi connectivity index (χ1) is 8.34. The highest BCUT2D eigenvalue weighted by atomic mass is 16.1. The molecule has 0 spiro atoms. The highest BCUT2D eigenvalue weighted by Gasteiger charge is 2.30. The largest absolute Gasteiger partial charge is 0.345 e. The average molecular weight is 252 g/mol. The van der Waals surface area contributed by atoms with Crippen molar-refractivity contribution >= 4 is 5.91 Å². The molecule has 1 unspecified atom stereocenters. The van der Waals surface area contributed by atoms with Gasteiger partial charge in [0.15, 0.2) is 0 Å². The highest BCUT2D eigenvalue weighted by molar-refractivity contribution is 5.95. The van der Waals surface area contributed by atoms with Crippen LogP contribution in [0, 0.1) is 5.92 Å². The first kappa shape index (κ1) is 14.7. The van der Waals surface area contributed by atoms with Crippen LogP contribution in [0.15, 0.2) is 6.20 Å². The Kier molecular flexibility index (Phi) is 4.51. The van der Waals surface area contributed by atoms with Crippen LogP contribution >= 0.6 is 0 Å². The second kappa shape index (κ2) is 5.52. The summed E-state index contributed by atoms with van der Waals surface area (Å²) in [5.74, 6) is 0.176. The summed E-state index contributed by atoms with van der Waals surface area (Å²) in [4.78, 5) is 12.3. The monoisotopic (exact) mass is 252 g/mol. The Balaban J connectivity index is 2.94. The van der Waals surface area contributed by atoms with E-state index in [1.165, 1.54) is 0 Å². The SMILES string of the molecule is CCc1nn(C)cc1C(=O)NC(C)(CN)C(C)C. The quantitative estimate of drug-likeness (QED) is 0.823. The summed E-state index contributed by atoms with van der Waals surface area (Å²) in [7, 11) is 1.82. The van der Waals surface area contributed by atoms with E-state index < -0.39 is 5.54 Å². The topological polar surface area (TPSA) is 72.9 Å². The number of nitrogens with zero attached hydrogens (tertiary/aromatic N) is 2. The molecule has 0 aliphatic carbocycles. The third-order valence-corrected chi connectivity index (χ3v) is 3.58. The van der Waals surface area contributed by atoms with Crippen LogP contribution in [0.4, 0.5) is 0 Å². The Morgan fingerprint density at radius 2 is 2.22 bits per heavy atom. The number of amides is 1. The van der Waals surface area contributed by atoms with Crippen molar-refractivity contribution < 1.29 is 4.79 Å². The zero-order valence-corrected chi connectivity index (χ0v) is 11.9. The number of hydrogen-bond acceptors (Lipinski definition) is 3. The Morgan fingerprint density at radius 3 is 2.67 bits per heavy atom. The van der Waals surface area contributed by atoms with E-state index in [1.807, 2.05) is 20.9 Å². The number of aryl methyl sites for hydroxylation is 2. The Bertz CT molecular complexity index is 425. The van der Waals surface area contributed by atoms with Crippen molar-refractivity contribution in [3.05, 3.63) is 17.5 Å². The minimum absolute atomic E-state index is 0.0957. The van der Waals surface area contributed by atoms with E-state index in [4.69, 9.17) is 5.73 Å². The molecule has 102 valence electrons. The van der Waals surface area contributed by atoms with E-state index in [-0.39, 0.29) is 11.8 Å². The standard InChI is InChI=1S/C13H24N4O/c1-6-11-10(7-17(5)16-11)12(18)15-13(4,8-14)9(2)3/h7,9H,6,8,14H2,1-5H3,(H,15,18). The molecule has 5 nitrogen and oxygen atoms in total. The predicted molar refractivity (Wildman–Crippen MR) is 72.3 cm³/mol. The van der Waals surface area contributed by atoms with Gasteiger partial charge in [-0.05, 0) is 19.3 Å². The zero-order chi connectivity index (χ0) is 13.9. The van der Waals surface area contributed by atoms with Crippen LogP contribution in [0.2, 0.25) is 0 Å². The van der Waals surface area contributed by atoms with Gasteiger partial charge in [0.05, 0.1) is 16.8 Å². The van der Waals surface area contributed by atoms with E-state index in [2.05, 4.69) is 24.3 Å². The van der Waals surface area contributed by atoms with Crippen molar-refractivity contribution in [2.24, 2.45) is 18.7 Å². The molecule has 0 fully saturated rings. The Morgan fingerprint density at radius 1 is 1.61 bits per heavy atom. The predicted octanol–water partition coefficient (Wildman–Crippen LogP) is 1.09. The van der Waals surface area contributed by atoms with Crippen molar-refractivity contribution in [2.75, 3.05) is 6.54 Å². The summed E-state index contributed by atoms with van der Waals surface area (Å²) < 4.78 is 1.67. The summed E-state index contributed by atoms with van der Waals surface area (Å²) in [5.41, 5.74) is 6.84. The van der Waals surface area contributed by atoms with Crippen molar-refractivity contribution in [1.29, 1.82) is 0 Å². The molecule has 18 heavy (non-hydrogen) atoms. The highest BCUT2D eigenvalue weighted by Crippen LogP contribution is 2.17. The molecule has 1 aromatic rings. The Hall–Kier alpha value is -1.36. The van der Waals surface area contributed by atoms with Gasteiger partial charge in [0.1, 0.15) is 0 Å². The number of carbonyl (C=O) groups is 1. The van der Waals surface area contributed by atoms with Gasteiger partial charge in [0.25, 0.3) is 5.91 Å². The number of nitrogens with one attached hydrogen (secondary N) is 1. The first-order valence-electron chi connectivity index (χ1n) is 6.39. The fourth-order valence-electron chi connectivity index (χ4n) is 1.74. The van der Waals surface area contributed by atoms with E-state index >= 15 is 0 Å². The van der Waals surface area contributed by atoms with Crippen LogP contribution in [0.5, 0.6) is 0 Å². The molecule has 3 N–H and O–H groups in total. The van der Waals surface area contributed by atoms with Crippen LogP contribution in [0.3, 0.4) is 0 Å². The second-order valence-electron chi connectivity index (χ2n) is 5.25. The van der Waals surface area contributed by atoms with E-state index in [0.29, 0.717) is 12.1 Å². The molecule has 0 saturated heterocycles. The van der Waals surface area contributed by atoms with Crippen LogP contribution < -0.4 is 11.1 Å². The molecule has 0 aromatic carbocycles. The smallest absolute Gasteiger partial charge is 0.255 e. The lowest BCUT2D eigenvalue weighted by Gasteiger charge is -2.33. The number of carbonyl (C=O) groups excluding carboxylic acids is 1. The Labute approximate surface area is 109 Å². The fraction of sp³-hybridized carbons (Fsp3) is 0.692. The molecule has 1 heterocycles. The molecule has 0 saturated carbocycles. The van der Waals surface area contributed by atoms with Gasteiger partial charge in [-0.1, -0.05) is 20.8 Å². The van der Waals surface area contributed by atoms with E-state index in [1.54, 1.807) is 10.9 Å².